The number of benzene rings is 2. The molecule has 2 aromatic carbocycles. The van der Waals surface area contributed by atoms with Gasteiger partial charge in [-0.05, 0) is 55.8 Å². The summed E-state index contributed by atoms with van der Waals surface area (Å²) in [7, 11) is 0. The summed E-state index contributed by atoms with van der Waals surface area (Å²) in [6.45, 7) is 3.81. The first kappa shape index (κ1) is 22.0. The van der Waals surface area contributed by atoms with Gasteiger partial charge in [0.25, 0.3) is 11.8 Å². The van der Waals surface area contributed by atoms with Crippen molar-refractivity contribution in [2.24, 2.45) is 0 Å². The van der Waals surface area contributed by atoms with Crippen LogP contribution in [0.25, 0.3) is 0 Å². The zero-order valence-corrected chi connectivity index (χ0v) is 16.9. The predicted octanol–water partition coefficient (Wildman–Crippen LogP) is 2.39. The molecule has 0 aliphatic carbocycles. The number of nitrogens with one attached hydrogen (secondary N) is 4. The minimum atomic E-state index is -0.509. The first-order valence-corrected chi connectivity index (χ1v) is 9.32. The van der Waals surface area contributed by atoms with Gasteiger partial charge >= 0.3 is 6.03 Å². The number of rotatable bonds is 7. The molecule has 2 aromatic rings. The van der Waals surface area contributed by atoms with Crippen LogP contribution in [0.5, 0.6) is 5.75 Å². The second kappa shape index (κ2) is 10.9. The lowest BCUT2D eigenvalue weighted by Gasteiger charge is -2.11. The zero-order chi connectivity index (χ0) is 21.2. The highest BCUT2D eigenvalue weighted by molar-refractivity contribution is 6.30. The molecular weight excluding hydrogens is 396 g/mol. The monoisotopic (exact) mass is 418 g/mol. The molecule has 9 heteroatoms. The van der Waals surface area contributed by atoms with Crippen LogP contribution in [0.15, 0.2) is 48.5 Å². The van der Waals surface area contributed by atoms with Gasteiger partial charge in [0, 0.05) is 23.2 Å². The van der Waals surface area contributed by atoms with Crippen LogP contribution >= 0.6 is 11.6 Å². The molecule has 0 atom stereocenters. The maximum atomic E-state index is 12.1. The zero-order valence-electron chi connectivity index (χ0n) is 16.1. The number of halogens is 1. The number of amides is 4. The molecule has 0 fully saturated rings. The second-order valence-corrected chi connectivity index (χ2v) is 6.86. The number of urea groups is 1. The Morgan fingerprint density at radius 3 is 2.24 bits per heavy atom. The Labute approximate surface area is 173 Å². The molecule has 0 aliphatic heterocycles. The van der Waals surface area contributed by atoms with Crippen molar-refractivity contribution in [1.29, 1.82) is 0 Å². The SMILES string of the molecule is CC(C)NC(=O)NCc1ccc(C(=O)NNC(=O)COc2ccc(Cl)cc2)cc1. The van der Waals surface area contributed by atoms with Crippen LogP contribution in [0, 0.1) is 0 Å². The van der Waals surface area contributed by atoms with Crippen LogP contribution in [0.1, 0.15) is 29.8 Å². The summed E-state index contributed by atoms with van der Waals surface area (Å²) < 4.78 is 5.29. The van der Waals surface area contributed by atoms with E-state index in [0.717, 1.165) is 5.56 Å². The Hall–Kier alpha value is -3.26. The molecular formula is C20H23ClN4O4. The van der Waals surface area contributed by atoms with Crippen molar-refractivity contribution in [2.45, 2.75) is 26.4 Å². The van der Waals surface area contributed by atoms with Gasteiger partial charge in [-0.3, -0.25) is 20.4 Å². The molecule has 4 N–H and O–H groups in total. The molecule has 29 heavy (non-hydrogen) atoms. The molecule has 0 saturated heterocycles. The Morgan fingerprint density at radius 2 is 1.62 bits per heavy atom. The van der Waals surface area contributed by atoms with Gasteiger partial charge in [0.05, 0.1) is 0 Å². The van der Waals surface area contributed by atoms with E-state index in [4.69, 9.17) is 16.3 Å². The molecule has 0 aromatic heterocycles. The number of hydrogen-bond acceptors (Lipinski definition) is 4. The van der Waals surface area contributed by atoms with Gasteiger partial charge in [0.2, 0.25) is 0 Å². The van der Waals surface area contributed by atoms with Gasteiger partial charge in [-0.25, -0.2) is 4.79 Å². The fourth-order valence-corrected chi connectivity index (χ4v) is 2.31. The highest BCUT2D eigenvalue weighted by Crippen LogP contribution is 2.15. The summed E-state index contributed by atoms with van der Waals surface area (Å²) in [5, 5.41) is 6.01. The van der Waals surface area contributed by atoms with Crippen LogP contribution in [0.2, 0.25) is 5.02 Å². The molecule has 0 bridgehead atoms. The quantitative estimate of drug-likeness (QED) is 0.517. The molecule has 154 valence electrons. The van der Waals surface area contributed by atoms with E-state index < -0.39 is 11.8 Å². The molecule has 2 rings (SSSR count). The topological polar surface area (TPSA) is 109 Å². The number of ether oxygens (including phenoxy) is 1. The highest BCUT2D eigenvalue weighted by Gasteiger charge is 2.09. The van der Waals surface area contributed by atoms with Crippen LogP contribution in [0.4, 0.5) is 4.79 Å². The maximum absolute atomic E-state index is 12.1. The lowest BCUT2D eigenvalue weighted by molar-refractivity contribution is -0.123. The van der Waals surface area contributed by atoms with Crippen LogP contribution in [-0.2, 0) is 11.3 Å². The summed E-state index contributed by atoms with van der Waals surface area (Å²) in [6.07, 6.45) is 0. The average Bonchev–Trinajstić information content (AvgIpc) is 2.70. The molecule has 4 amide bonds. The number of hydrogen-bond donors (Lipinski definition) is 4. The summed E-state index contributed by atoms with van der Waals surface area (Å²) >= 11 is 5.77. The maximum Gasteiger partial charge on any atom is 0.315 e. The Balaban J connectivity index is 1.73. The van der Waals surface area contributed by atoms with Crippen LogP contribution < -0.4 is 26.2 Å². The third kappa shape index (κ3) is 8.10. The Kier molecular flexibility index (Phi) is 8.29. The van der Waals surface area contributed by atoms with Crippen molar-refractivity contribution in [2.75, 3.05) is 6.61 Å². The molecule has 0 heterocycles. The van der Waals surface area contributed by atoms with Gasteiger partial charge in [0.1, 0.15) is 5.75 Å². The van der Waals surface area contributed by atoms with Gasteiger partial charge in [-0.2, -0.15) is 0 Å². The highest BCUT2D eigenvalue weighted by atomic mass is 35.5. The van der Waals surface area contributed by atoms with E-state index >= 15 is 0 Å². The molecule has 0 saturated carbocycles. The van der Waals surface area contributed by atoms with Crippen molar-refractivity contribution < 1.29 is 19.1 Å². The van der Waals surface area contributed by atoms with Crippen molar-refractivity contribution >= 4 is 29.4 Å². The normalized spacial score (nSPS) is 10.2. The minimum Gasteiger partial charge on any atom is -0.484 e. The van der Waals surface area contributed by atoms with E-state index in [2.05, 4.69) is 21.5 Å². The molecule has 0 radical (unpaired) electrons. The summed E-state index contributed by atoms with van der Waals surface area (Å²) in [5.74, 6) is -0.491. The largest absolute Gasteiger partial charge is 0.484 e. The standard InChI is InChI=1S/C20H23ClN4O4/c1-13(2)23-20(28)22-11-14-3-5-15(6-4-14)19(27)25-24-18(26)12-29-17-9-7-16(21)8-10-17/h3-10,13H,11-12H2,1-2H3,(H,24,26)(H,25,27)(H2,22,23,28). The Bertz CT molecular complexity index is 839. The van der Waals surface area contributed by atoms with Crippen molar-refractivity contribution in [1.82, 2.24) is 21.5 Å². The van der Waals surface area contributed by atoms with E-state index in [1.54, 1.807) is 48.5 Å². The van der Waals surface area contributed by atoms with Crippen molar-refractivity contribution in [3.05, 3.63) is 64.7 Å². The molecule has 0 aliphatic rings. The van der Waals surface area contributed by atoms with Gasteiger partial charge < -0.3 is 15.4 Å². The lowest BCUT2D eigenvalue weighted by atomic mass is 10.1. The first-order chi connectivity index (χ1) is 13.8. The number of hydrazine groups is 1. The minimum absolute atomic E-state index is 0.0490. The third-order valence-corrected chi connectivity index (χ3v) is 3.84. The molecule has 0 unspecified atom stereocenters. The Morgan fingerprint density at radius 1 is 0.966 bits per heavy atom. The summed E-state index contributed by atoms with van der Waals surface area (Å²) in [6, 6.07) is 13.0. The van der Waals surface area contributed by atoms with E-state index in [9.17, 15) is 14.4 Å². The summed E-state index contributed by atoms with van der Waals surface area (Å²) in [4.78, 5) is 35.4. The number of carbonyl (C=O) groups excluding carboxylic acids is 3. The summed E-state index contributed by atoms with van der Waals surface area (Å²) in [5.41, 5.74) is 5.79. The van der Waals surface area contributed by atoms with Gasteiger partial charge in [-0.15, -0.1) is 0 Å². The molecule has 0 spiro atoms. The van der Waals surface area contributed by atoms with Crippen molar-refractivity contribution in [3.8, 4) is 5.75 Å². The van der Waals surface area contributed by atoms with Crippen LogP contribution in [0.3, 0.4) is 0 Å². The van der Waals surface area contributed by atoms with Crippen molar-refractivity contribution in [3.63, 3.8) is 0 Å². The number of carbonyl (C=O) groups is 3. The predicted molar refractivity (Wildman–Crippen MR) is 110 cm³/mol. The van der Waals surface area contributed by atoms with E-state index in [0.29, 0.717) is 22.9 Å². The third-order valence-electron chi connectivity index (χ3n) is 3.59. The first-order valence-electron chi connectivity index (χ1n) is 8.94. The van der Waals surface area contributed by atoms with E-state index in [-0.39, 0.29) is 18.7 Å². The van der Waals surface area contributed by atoms with Crippen LogP contribution in [-0.4, -0.2) is 30.5 Å². The lowest BCUT2D eigenvalue weighted by Crippen LogP contribution is -2.43. The van der Waals surface area contributed by atoms with Gasteiger partial charge in [0.15, 0.2) is 6.61 Å². The fraction of sp³-hybridized carbons (Fsp3) is 0.250. The van der Waals surface area contributed by atoms with E-state index in [1.165, 1.54) is 0 Å². The smallest absolute Gasteiger partial charge is 0.315 e. The fourth-order valence-electron chi connectivity index (χ4n) is 2.18. The van der Waals surface area contributed by atoms with E-state index in [1.807, 2.05) is 13.8 Å². The second-order valence-electron chi connectivity index (χ2n) is 6.42. The molecule has 8 nitrogen and oxygen atoms in total. The van der Waals surface area contributed by atoms with Gasteiger partial charge in [-0.1, -0.05) is 23.7 Å². The average molecular weight is 419 g/mol.